The third-order valence-corrected chi connectivity index (χ3v) is 6.97. The summed E-state index contributed by atoms with van der Waals surface area (Å²) in [5.41, 5.74) is 2.39. The highest BCUT2D eigenvalue weighted by Crippen LogP contribution is 2.30. The molecule has 2 fully saturated rings. The van der Waals surface area contributed by atoms with Crippen LogP contribution in [0.5, 0.6) is 5.75 Å². The molecule has 3 aromatic rings. The van der Waals surface area contributed by atoms with Gasteiger partial charge in [0.1, 0.15) is 5.75 Å². The van der Waals surface area contributed by atoms with Crippen molar-refractivity contribution in [2.45, 2.75) is 44.3 Å². The van der Waals surface area contributed by atoms with E-state index in [4.69, 9.17) is 4.74 Å². The van der Waals surface area contributed by atoms with Crippen molar-refractivity contribution in [3.63, 3.8) is 0 Å². The minimum absolute atomic E-state index is 0.0511. The zero-order chi connectivity index (χ0) is 21.8. The number of benzene rings is 2. The van der Waals surface area contributed by atoms with E-state index < -0.39 is 0 Å². The second-order valence-corrected chi connectivity index (χ2v) is 8.87. The molecule has 7 nitrogen and oxygen atoms in total. The van der Waals surface area contributed by atoms with Crippen molar-refractivity contribution < 1.29 is 4.74 Å². The third kappa shape index (κ3) is 4.54. The lowest BCUT2D eigenvalue weighted by molar-refractivity contribution is 0.0771. The summed E-state index contributed by atoms with van der Waals surface area (Å²) >= 11 is 0. The fourth-order valence-electron chi connectivity index (χ4n) is 5.21. The molecule has 1 saturated heterocycles. The molecule has 0 unspecified atom stereocenters. The van der Waals surface area contributed by atoms with Crippen LogP contribution in [-0.4, -0.2) is 69.3 Å². The van der Waals surface area contributed by atoms with Gasteiger partial charge in [0.2, 0.25) is 0 Å². The van der Waals surface area contributed by atoms with Crippen LogP contribution in [0.1, 0.15) is 48.7 Å². The Kier molecular flexibility index (Phi) is 6.46. The summed E-state index contributed by atoms with van der Waals surface area (Å²) in [6.45, 7) is 4.94. The first-order valence-corrected chi connectivity index (χ1v) is 11.7. The monoisotopic (exact) mass is 432 g/mol. The van der Waals surface area contributed by atoms with Crippen LogP contribution < -0.4 is 4.74 Å². The molecule has 0 spiro atoms. The molecule has 1 saturated carbocycles. The number of piperazine rings is 1. The van der Waals surface area contributed by atoms with Crippen molar-refractivity contribution in [2.24, 2.45) is 0 Å². The average Bonchev–Trinajstić information content (AvgIpc) is 3.54. The molecule has 32 heavy (non-hydrogen) atoms. The number of nitrogens with zero attached hydrogens (tertiary/aromatic N) is 6. The molecule has 168 valence electrons. The zero-order valence-electron chi connectivity index (χ0n) is 18.8. The van der Waals surface area contributed by atoms with E-state index in [9.17, 15) is 0 Å². The van der Waals surface area contributed by atoms with Gasteiger partial charge in [0.25, 0.3) is 0 Å². The number of hydrogen-bond acceptors (Lipinski definition) is 6. The van der Waals surface area contributed by atoms with E-state index in [1.807, 2.05) is 16.8 Å². The van der Waals surface area contributed by atoms with E-state index in [0.29, 0.717) is 6.54 Å². The molecule has 0 N–H and O–H groups in total. The second kappa shape index (κ2) is 9.79. The molecular formula is C25H32N6O. The smallest absolute Gasteiger partial charge is 0.173 e. The Morgan fingerprint density at radius 2 is 1.66 bits per heavy atom. The normalized spacial score (nSPS) is 19.3. The second-order valence-electron chi connectivity index (χ2n) is 8.87. The topological polar surface area (TPSA) is 59.3 Å². The summed E-state index contributed by atoms with van der Waals surface area (Å²) in [5.74, 6) is 1.76. The van der Waals surface area contributed by atoms with E-state index in [0.717, 1.165) is 49.4 Å². The van der Waals surface area contributed by atoms with Crippen LogP contribution in [0.25, 0.3) is 0 Å². The lowest BCUT2D eigenvalue weighted by Crippen LogP contribution is -2.51. The maximum Gasteiger partial charge on any atom is 0.173 e. The van der Waals surface area contributed by atoms with Gasteiger partial charge in [-0.2, -0.15) is 0 Å². The lowest BCUT2D eigenvalue weighted by atomic mass is 10.0. The number of methoxy groups -OCH3 is 1. The van der Waals surface area contributed by atoms with Gasteiger partial charge in [0.05, 0.1) is 19.7 Å². The van der Waals surface area contributed by atoms with Crippen LogP contribution in [0.4, 0.5) is 0 Å². The molecule has 0 radical (unpaired) electrons. The van der Waals surface area contributed by atoms with E-state index in [1.165, 1.54) is 31.2 Å². The molecule has 7 heteroatoms. The minimum atomic E-state index is 0.0511. The van der Waals surface area contributed by atoms with E-state index in [2.05, 4.69) is 67.8 Å². The van der Waals surface area contributed by atoms with Crippen LogP contribution in [0.3, 0.4) is 0 Å². The lowest BCUT2D eigenvalue weighted by Gasteiger charge is -2.41. The van der Waals surface area contributed by atoms with Gasteiger partial charge in [-0.15, -0.1) is 5.10 Å². The summed E-state index contributed by atoms with van der Waals surface area (Å²) in [6, 6.07) is 19.6. The van der Waals surface area contributed by atoms with Crippen molar-refractivity contribution in [1.82, 2.24) is 30.0 Å². The molecule has 2 heterocycles. The predicted octanol–water partition coefficient (Wildman–Crippen LogP) is 3.38. The summed E-state index contributed by atoms with van der Waals surface area (Å²) in [4.78, 5) is 5.25. The molecule has 1 aliphatic heterocycles. The Morgan fingerprint density at radius 1 is 0.938 bits per heavy atom. The maximum absolute atomic E-state index is 5.29. The quantitative estimate of drug-likeness (QED) is 0.571. The largest absolute Gasteiger partial charge is 0.497 e. The highest BCUT2D eigenvalue weighted by atomic mass is 16.5. The number of tetrazole rings is 1. The first-order chi connectivity index (χ1) is 15.8. The Morgan fingerprint density at radius 3 is 2.34 bits per heavy atom. The summed E-state index contributed by atoms with van der Waals surface area (Å²) < 4.78 is 7.24. The number of rotatable bonds is 7. The van der Waals surface area contributed by atoms with Gasteiger partial charge >= 0.3 is 0 Å². The highest BCUT2D eigenvalue weighted by Gasteiger charge is 2.33. The Balaban J connectivity index is 1.38. The molecule has 1 aromatic heterocycles. The molecule has 0 bridgehead atoms. The summed E-state index contributed by atoms with van der Waals surface area (Å²) in [5, 5.41) is 12.9. The van der Waals surface area contributed by atoms with Crippen LogP contribution in [0.15, 0.2) is 54.6 Å². The summed E-state index contributed by atoms with van der Waals surface area (Å²) in [6.07, 6.45) is 5.50. The van der Waals surface area contributed by atoms with Gasteiger partial charge in [0, 0.05) is 32.2 Å². The Bertz CT molecular complexity index is 975. The average molecular weight is 433 g/mol. The van der Waals surface area contributed by atoms with Crippen molar-refractivity contribution >= 4 is 0 Å². The van der Waals surface area contributed by atoms with Gasteiger partial charge in [-0.1, -0.05) is 55.3 Å². The van der Waals surface area contributed by atoms with Crippen molar-refractivity contribution in [3.05, 3.63) is 71.5 Å². The number of aromatic nitrogens is 4. The molecule has 0 amide bonds. The fourth-order valence-corrected chi connectivity index (χ4v) is 5.21. The number of hydrogen-bond donors (Lipinski definition) is 0. The molecule has 5 rings (SSSR count). The van der Waals surface area contributed by atoms with Crippen LogP contribution in [0, 0.1) is 0 Å². The maximum atomic E-state index is 5.29. The first kappa shape index (κ1) is 21.1. The van der Waals surface area contributed by atoms with Crippen LogP contribution in [-0.2, 0) is 6.54 Å². The van der Waals surface area contributed by atoms with Crippen molar-refractivity contribution in [3.8, 4) is 5.75 Å². The summed E-state index contributed by atoms with van der Waals surface area (Å²) in [7, 11) is 1.69. The van der Waals surface area contributed by atoms with E-state index in [-0.39, 0.29) is 6.04 Å². The van der Waals surface area contributed by atoms with Crippen LogP contribution >= 0.6 is 0 Å². The van der Waals surface area contributed by atoms with Crippen molar-refractivity contribution in [1.29, 1.82) is 0 Å². The first-order valence-electron chi connectivity index (χ1n) is 11.7. The third-order valence-electron chi connectivity index (χ3n) is 6.97. The molecule has 2 aromatic carbocycles. The molecule has 2 aliphatic rings. The van der Waals surface area contributed by atoms with Gasteiger partial charge in [-0.25, -0.2) is 4.68 Å². The number of ether oxygens (including phenoxy) is 1. The van der Waals surface area contributed by atoms with E-state index >= 15 is 0 Å². The van der Waals surface area contributed by atoms with Crippen LogP contribution in [0.2, 0.25) is 0 Å². The Labute approximate surface area is 190 Å². The SMILES string of the molecule is COc1ccc(Cn2nnnc2[C@H](c2ccccc2)N2CCN(C3CCCC3)CC2)cc1. The minimum Gasteiger partial charge on any atom is -0.497 e. The standard InChI is InChI=1S/C25H32N6O/c1-32-23-13-11-20(12-14-23)19-31-25(26-27-28-31)24(21-7-3-2-4-8-21)30-17-15-29(16-18-30)22-9-5-6-10-22/h2-4,7-8,11-14,22,24H,5-6,9-10,15-19H2,1H3/t24-/m0/s1. The molecular weight excluding hydrogens is 400 g/mol. The fraction of sp³-hybridized carbons (Fsp3) is 0.480. The zero-order valence-corrected chi connectivity index (χ0v) is 18.8. The molecule has 1 aliphatic carbocycles. The van der Waals surface area contributed by atoms with Gasteiger partial charge in [0.15, 0.2) is 5.82 Å². The van der Waals surface area contributed by atoms with E-state index in [1.54, 1.807) is 7.11 Å². The van der Waals surface area contributed by atoms with Crippen molar-refractivity contribution in [2.75, 3.05) is 33.3 Å². The van der Waals surface area contributed by atoms with Gasteiger partial charge in [-0.05, 0) is 46.5 Å². The highest BCUT2D eigenvalue weighted by molar-refractivity contribution is 5.28. The van der Waals surface area contributed by atoms with Gasteiger partial charge in [-0.3, -0.25) is 9.80 Å². The molecule has 1 atom stereocenters. The predicted molar refractivity (Wildman–Crippen MR) is 124 cm³/mol. The Hall–Kier alpha value is -2.77. The van der Waals surface area contributed by atoms with Gasteiger partial charge < -0.3 is 4.74 Å².